The number of fused-ring (bicyclic) bond motifs is 1. The van der Waals surface area contributed by atoms with Crippen molar-refractivity contribution in [3.8, 4) is 5.75 Å². The molecule has 0 unspecified atom stereocenters. The van der Waals surface area contributed by atoms with Crippen molar-refractivity contribution in [3.63, 3.8) is 0 Å². The summed E-state index contributed by atoms with van der Waals surface area (Å²) in [7, 11) is 0. The molecule has 5 heteroatoms. The van der Waals surface area contributed by atoms with E-state index in [1.807, 2.05) is 36.1 Å². The van der Waals surface area contributed by atoms with Gasteiger partial charge in [0.25, 0.3) is 0 Å². The van der Waals surface area contributed by atoms with E-state index in [0.29, 0.717) is 6.42 Å². The molecule has 0 aliphatic carbocycles. The van der Waals surface area contributed by atoms with Crippen LogP contribution in [0.1, 0.15) is 57.6 Å². The van der Waals surface area contributed by atoms with Gasteiger partial charge in [0.15, 0.2) is 0 Å². The zero-order valence-corrected chi connectivity index (χ0v) is 14.5. The van der Waals surface area contributed by atoms with Crippen molar-refractivity contribution in [2.45, 2.75) is 57.6 Å². The number of hydrogen-bond donors (Lipinski definition) is 1. The molecule has 130 valence electrons. The third-order valence-electron chi connectivity index (χ3n) is 5.07. The molecular weight excluding hydrogens is 304 g/mol. The highest BCUT2D eigenvalue weighted by Crippen LogP contribution is 2.44. The van der Waals surface area contributed by atoms with Gasteiger partial charge < -0.3 is 15.0 Å². The minimum absolute atomic E-state index is 0.0228. The molecule has 2 aliphatic rings. The molecule has 1 spiro atoms. The average Bonchev–Trinajstić information content (AvgIpc) is 2.55. The van der Waals surface area contributed by atoms with Crippen molar-refractivity contribution in [1.29, 1.82) is 0 Å². The van der Waals surface area contributed by atoms with Gasteiger partial charge >= 0.3 is 0 Å². The van der Waals surface area contributed by atoms with Crippen LogP contribution < -0.4 is 10.1 Å². The average molecular weight is 330 g/mol. The summed E-state index contributed by atoms with van der Waals surface area (Å²) in [5, 5.41) is 3.06. The smallest absolute Gasteiger partial charge is 0.222 e. The number of para-hydroxylation sites is 1. The van der Waals surface area contributed by atoms with Gasteiger partial charge in [-0.15, -0.1) is 0 Å². The monoisotopic (exact) mass is 330 g/mol. The summed E-state index contributed by atoms with van der Waals surface area (Å²) in [4.78, 5) is 25.7. The van der Waals surface area contributed by atoms with E-state index in [1.165, 1.54) is 0 Å². The quantitative estimate of drug-likeness (QED) is 0.927. The van der Waals surface area contributed by atoms with E-state index in [9.17, 15) is 9.59 Å². The molecule has 0 aromatic heterocycles. The van der Waals surface area contributed by atoms with Crippen molar-refractivity contribution in [2.24, 2.45) is 0 Å². The number of carbonyl (C=O) groups is 2. The zero-order valence-electron chi connectivity index (χ0n) is 14.5. The highest BCUT2D eigenvalue weighted by atomic mass is 16.5. The van der Waals surface area contributed by atoms with Crippen molar-refractivity contribution in [2.75, 3.05) is 13.1 Å². The molecule has 1 atom stereocenters. The highest BCUT2D eigenvalue weighted by Gasteiger charge is 2.44. The minimum Gasteiger partial charge on any atom is -0.487 e. The van der Waals surface area contributed by atoms with Crippen LogP contribution in [-0.2, 0) is 9.59 Å². The van der Waals surface area contributed by atoms with Gasteiger partial charge in [-0.05, 0) is 12.5 Å². The Hall–Kier alpha value is -2.04. The molecule has 1 aromatic carbocycles. The molecule has 1 fully saturated rings. The number of benzene rings is 1. The number of amides is 2. The Balaban J connectivity index is 1.76. The van der Waals surface area contributed by atoms with Gasteiger partial charge in [0.1, 0.15) is 11.4 Å². The molecule has 24 heavy (non-hydrogen) atoms. The summed E-state index contributed by atoms with van der Waals surface area (Å²) >= 11 is 0. The lowest BCUT2D eigenvalue weighted by molar-refractivity contribution is -0.135. The zero-order chi connectivity index (χ0) is 17.2. The molecule has 1 aromatic rings. The van der Waals surface area contributed by atoms with E-state index in [0.717, 1.165) is 50.1 Å². The summed E-state index contributed by atoms with van der Waals surface area (Å²) in [5.41, 5.74) is 0.757. The Labute approximate surface area is 143 Å². The van der Waals surface area contributed by atoms with Gasteiger partial charge in [-0.3, -0.25) is 9.59 Å². The van der Waals surface area contributed by atoms with Gasteiger partial charge in [-0.1, -0.05) is 25.1 Å². The number of likely N-dealkylation sites (tertiary alicyclic amines) is 1. The maximum absolute atomic E-state index is 12.1. The van der Waals surface area contributed by atoms with E-state index < -0.39 is 0 Å². The Morgan fingerprint density at radius 1 is 1.29 bits per heavy atom. The Morgan fingerprint density at radius 2 is 2.00 bits per heavy atom. The number of ether oxygens (including phenoxy) is 1. The van der Waals surface area contributed by atoms with Crippen LogP contribution in [-0.4, -0.2) is 35.4 Å². The van der Waals surface area contributed by atoms with Gasteiger partial charge in [-0.25, -0.2) is 0 Å². The van der Waals surface area contributed by atoms with Crippen LogP contribution in [0, 0.1) is 0 Å². The summed E-state index contributed by atoms with van der Waals surface area (Å²) in [5.74, 6) is 1.07. The van der Waals surface area contributed by atoms with Crippen molar-refractivity contribution in [3.05, 3.63) is 29.8 Å². The summed E-state index contributed by atoms with van der Waals surface area (Å²) in [6, 6.07) is 7.90. The van der Waals surface area contributed by atoms with Crippen molar-refractivity contribution in [1.82, 2.24) is 10.2 Å². The highest BCUT2D eigenvalue weighted by molar-refractivity contribution is 5.76. The topological polar surface area (TPSA) is 58.6 Å². The van der Waals surface area contributed by atoms with Crippen LogP contribution in [0.3, 0.4) is 0 Å². The standard InChI is InChI=1S/C19H26N2O3/c1-3-6-18(23)21-11-9-19(10-12-21)13-16(20-14(2)22)15-7-4-5-8-17(15)24-19/h4-5,7-8,16H,3,6,9-13H2,1-2H3,(H,20,22)/t16-/m1/s1. The lowest BCUT2D eigenvalue weighted by atomic mass is 9.80. The second kappa shape index (κ2) is 6.83. The fraction of sp³-hybridized carbons (Fsp3) is 0.579. The lowest BCUT2D eigenvalue weighted by Gasteiger charge is -2.47. The summed E-state index contributed by atoms with van der Waals surface area (Å²) in [6.07, 6.45) is 3.89. The molecule has 2 amide bonds. The fourth-order valence-electron chi connectivity index (χ4n) is 3.83. The largest absolute Gasteiger partial charge is 0.487 e. The van der Waals surface area contributed by atoms with Crippen LogP contribution in [0.4, 0.5) is 0 Å². The number of nitrogens with one attached hydrogen (secondary N) is 1. The Bertz CT molecular complexity index is 621. The van der Waals surface area contributed by atoms with Gasteiger partial charge in [-0.2, -0.15) is 0 Å². The number of nitrogens with zero attached hydrogens (tertiary/aromatic N) is 1. The predicted octanol–water partition coefficient (Wildman–Crippen LogP) is 2.81. The van der Waals surface area contributed by atoms with Gasteiger partial charge in [0.2, 0.25) is 11.8 Å². The van der Waals surface area contributed by atoms with Crippen LogP contribution >= 0.6 is 0 Å². The maximum Gasteiger partial charge on any atom is 0.222 e. The predicted molar refractivity (Wildman–Crippen MR) is 91.7 cm³/mol. The number of hydrogen-bond acceptors (Lipinski definition) is 3. The van der Waals surface area contributed by atoms with E-state index in [-0.39, 0.29) is 23.5 Å². The SMILES string of the molecule is CCCC(=O)N1CCC2(CC1)C[C@@H](NC(C)=O)c1ccccc1O2. The molecule has 1 saturated heterocycles. The molecule has 2 heterocycles. The molecule has 2 aliphatic heterocycles. The molecular formula is C19H26N2O3. The first-order valence-corrected chi connectivity index (χ1v) is 8.86. The van der Waals surface area contributed by atoms with Crippen LogP contribution in [0.5, 0.6) is 5.75 Å². The first-order chi connectivity index (χ1) is 11.5. The second-order valence-electron chi connectivity index (χ2n) is 6.91. The maximum atomic E-state index is 12.1. The van der Waals surface area contributed by atoms with Crippen molar-refractivity contribution >= 4 is 11.8 Å². The van der Waals surface area contributed by atoms with E-state index in [2.05, 4.69) is 5.32 Å². The lowest BCUT2D eigenvalue weighted by Crippen LogP contribution is -2.53. The van der Waals surface area contributed by atoms with Crippen LogP contribution in [0.2, 0.25) is 0 Å². The molecule has 5 nitrogen and oxygen atoms in total. The fourth-order valence-corrected chi connectivity index (χ4v) is 3.83. The molecule has 0 radical (unpaired) electrons. The van der Waals surface area contributed by atoms with Gasteiger partial charge in [0, 0.05) is 51.3 Å². The molecule has 0 bridgehead atoms. The third-order valence-corrected chi connectivity index (χ3v) is 5.07. The summed E-state index contributed by atoms with van der Waals surface area (Å²) < 4.78 is 6.37. The van der Waals surface area contributed by atoms with E-state index >= 15 is 0 Å². The second-order valence-corrected chi connectivity index (χ2v) is 6.91. The number of piperidine rings is 1. The van der Waals surface area contributed by atoms with Crippen LogP contribution in [0.25, 0.3) is 0 Å². The van der Waals surface area contributed by atoms with E-state index in [1.54, 1.807) is 6.92 Å². The molecule has 3 rings (SSSR count). The first kappa shape index (κ1) is 16.8. The summed E-state index contributed by atoms with van der Waals surface area (Å²) in [6.45, 7) is 5.04. The minimum atomic E-state index is -0.287. The van der Waals surface area contributed by atoms with Crippen molar-refractivity contribution < 1.29 is 14.3 Å². The Morgan fingerprint density at radius 3 is 2.67 bits per heavy atom. The van der Waals surface area contributed by atoms with Gasteiger partial charge in [0.05, 0.1) is 6.04 Å². The normalized spacial score (nSPS) is 21.8. The molecule has 1 N–H and O–H groups in total. The first-order valence-electron chi connectivity index (χ1n) is 8.86. The van der Waals surface area contributed by atoms with Crippen LogP contribution in [0.15, 0.2) is 24.3 Å². The van der Waals surface area contributed by atoms with E-state index in [4.69, 9.17) is 4.74 Å². The third kappa shape index (κ3) is 3.40. The number of carbonyl (C=O) groups excluding carboxylic acids is 2. The number of rotatable bonds is 3. The molecule has 0 saturated carbocycles. The Kier molecular flexibility index (Phi) is 4.78.